The zero-order valence-corrected chi connectivity index (χ0v) is 64.7. The number of unbranched alkanes of at least 4 members (excludes halogenated alkanes) is 2. The lowest BCUT2D eigenvalue weighted by Gasteiger charge is -2.31. The number of phenolic OH excluding ortho intramolecular Hbond substituents is 1. The lowest BCUT2D eigenvalue weighted by atomic mass is 9.94. The lowest BCUT2D eigenvalue weighted by molar-refractivity contribution is -0.142. The highest BCUT2D eigenvalue weighted by Crippen LogP contribution is 2.21. The van der Waals surface area contributed by atoms with Crippen molar-refractivity contribution in [2.24, 2.45) is 51.4 Å². The quantitative estimate of drug-likeness (QED) is 0.0139. The van der Waals surface area contributed by atoms with Gasteiger partial charge in [0, 0.05) is 54.8 Å². The second-order valence-corrected chi connectivity index (χ2v) is 28.3. The summed E-state index contributed by atoms with van der Waals surface area (Å²) in [5, 5.41) is 50.7. The molecule has 0 unspecified atom stereocenters. The Labute approximate surface area is 647 Å². The second kappa shape index (κ2) is 46.5. The van der Waals surface area contributed by atoms with Gasteiger partial charge >= 0.3 is 5.97 Å². The Hall–Kier alpha value is -11.0. The maximum atomic E-state index is 14.9. The maximum Gasteiger partial charge on any atom is 0.326 e. The fourth-order valence-corrected chi connectivity index (χ4v) is 12.2. The van der Waals surface area contributed by atoms with Crippen molar-refractivity contribution in [3.8, 4) is 5.75 Å². The van der Waals surface area contributed by atoms with E-state index in [2.05, 4.69) is 78.4 Å². The first-order chi connectivity index (χ1) is 52.9. The first-order valence-electron chi connectivity index (χ1n) is 38.0. The van der Waals surface area contributed by atoms with Gasteiger partial charge < -0.3 is 107 Å². The molecule has 5 aromatic rings. The number of aliphatic carboxylic acids is 1. The molecule has 0 radical (unpaired) electrons. The molecule has 0 aliphatic rings. The van der Waals surface area contributed by atoms with Gasteiger partial charge in [-0.3, -0.25) is 57.7 Å². The standard InChI is InChI=1S/C77H116N20O14/c1-9-43(4)62(73(107)88-46(7)65(99)87-47(8)66(100)92-59(37-49-29-31-52(98)32-30-49)71(105)93-61(39-51-41-83-42-86-51)72(106)89-56(26-17-19-33-78)68(102)91-58(76(110)111)27-18-20-34-79)96-69(103)57(28-21-35-84-77(81)82)90-70(104)60(36-48-22-13-12-14-23-48)94-74(108)63(44(5)10-2)97-75(109)64(45(6)11-3)95-67(101)54(80)38-50-40-85-55-25-16-15-24-53(50)55/h12-16,22-25,29-32,40-47,54,56-64,85,98H,9-11,17-21,26-28,33-39,78-80H2,1-8H3,(H,83,86)(H,87,99)(H,88,107)(H,89,106)(H,90,104)(H,91,102)(H,92,100)(H,93,105)(H,94,108)(H,95,101)(H,96,103)(H,97,109)(H,110,111)(H4,81,82,84)/t43-,44-,45-,46-,47-,54-,56-,57-,58-,59-,60-,61-,62-,63-,64-/m0/s1. The molecule has 5 rings (SSSR count). The Morgan fingerprint density at radius 2 is 0.865 bits per heavy atom. The van der Waals surface area contributed by atoms with Crippen molar-refractivity contribution >= 4 is 87.8 Å². The molecule has 111 heavy (non-hydrogen) atoms. The molecule has 11 amide bonds. The Morgan fingerprint density at radius 3 is 1.39 bits per heavy atom. The van der Waals surface area contributed by atoms with Gasteiger partial charge in [-0.15, -0.1) is 0 Å². The molecular weight excluding hydrogens is 1430 g/mol. The number of imidazole rings is 1. The van der Waals surface area contributed by atoms with E-state index < -0.39 is 161 Å². The number of carboxylic acids is 1. The summed E-state index contributed by atoms with van der Waals surface area (Å²) < 4.78 is 0. The SMILES string of the molecule is CC[C@H](C)[C@H](NC(=O)[C@H](CCCN=C(N)N)NC(=O)[C@H](Cc1ccccc1)NC(=O)[C@@H](NC(=O)[C@@H](NC(=O)[C@@H](N)Cc1c[nH]c2ccccc12)[C@@H](C)CC)[C@@H](C)CC)C(=O)N[C@@H](C)C(=O)N[C@@H](C)C(=O)N[C@@H](Cc1ccc(O)cc1)C(=O)N[C@@H](Cc1cnc[nH]1)C(=O)N[C@@H](CCCCN)C(=O)N[C@@H](CCCCN)C(=O)O. The van der Waals surface area contributed by atoms with E-state index in [-0.39, 0.29) is 76.2 Å². The summed E-state index contributed by atoms with van der Waals surface area (Å²) in [6.45, 7) is 13.9. The number of H-pyrrole nitrogens is 2. The number of aromatic hydroxyl groups is 1. The fourth-order valence-electron chi connectivity index (χ4n) is 12.2. The third kappa shape index (κ3) is 29.7. The summed E-state index contributed by atoms with van der Waals surface area (Å²) in [6, 6.07) is 6.17. The molecule has 3 aromatic carbocycles. The van der Waals surface area contributed by atoms with Gasteiger partial charge in [0.15, 0.2) is 5.96 Å². The fraction of sp³-hybridized carbons (Fsp3) is 0.532. The molecule has 25 N–H and O–H groups in total. The van der Waals surface area contributed by atoms with E-state index >= 15 is 0 Å². The van der Waals surface area contributed by atoms with Gasteiger partial charge in [-0.25, -0.2) is 9.78 Å². The van der Waals surface area contributed by atoms with E-state index in [9.17, 15) is 67.7 Å². The molecule has 0 fully saturated rings. The predicted octanol–water partition coefficient (Wildman–Crippen LogP) is 0.102. The highest BCUT2D eigenvalue weighted by molar-refractivity contribution is 6.00. The van der Waals surface area contributed by atoms with Gasteiger partial charge in [-0.1, -0.05) is 121 Å². The molecule has 2 heterocycles. The van der Waals surface area contributed by atoms with E-state index in [1.165, 1.54) is 50.6 Å². The minimum atomic E-state index is -1.48. The van der Waals surface area contributed by atoms with Crippen LogP contribution in [0.15, 0.2) is 103 Å². The molecule has 0 aliphatic heterocycles. The predicted molar refractivity (Wildman–Crippen MR) is 419 cm³/mol. The Bertz CT molecular complexity index is 3870. The molecule has 34 nitrogen and oxygen atoms in total. The molecule has 34 heteroatoms. The van der Waals surface area contributed by atoms with E-state index in [0.717, 1.165) is 16.5 Å². The summed E-state index contributed by atoms with van der Waals surface area (Å²) in [4.78, 5) is 185. The zero-order valence-electron chi connectivity index (χ0n) is 64.7. The molecule has 0 bridgehead atoms. The van der Waals surface area contributed by atoms with Gasteiger partial charge in [0.2, 0.25) is 65.0 Å². The maximum absolute atomic E-state index is 14.9. The van der Waals surface area contributed by atoms with Crippen molar-refractivity contribution in [2.45, 2.75) is 224 Å². The van der Waals surface area contributed by atoms with Gasteiger partial charge in [-0.05, 0) is 137 Å². The van der Waals surface area contributed by atoms with Crippen LogP contribution in [0.25, 0.3) is 10.9 Å². The highest BCUT2D eigenvalue weighted by Gasteiger charge is 2.39. The van der Waals surface area contributed by atoms with Crippen molar-refractivity contribution in [1.29, 1.82) is 0 Å². The first kappa shape index (κ1) is 90.6. The number of guanidine groups is 1. The molecule has 15 atom stereocenters. The van der Waals surface area contributed by atoms with Gasteiger partial charge in [0.25, 0.3) is 0 Å². The number of nitrogens with two attached hydrogens (primary N) is 5. The van der Waals surface area contributed by atoms with Crippen molar-refractivity contribution in [3.63, 3.8) is 0 Å². The Morgan fingerprint density at radius 1 is 0.450 bits per heavy atom. The van der Waals surface area contributed by atoms with Crippen LogP contribution in [0, 0.1) is 17.8 Å². The molecule has 2 aromatic heterocycles. The second-order valence-electron chi connectivity index (χ2n) is 28.3. The van der Waals surface area contributed by atoms with Crippen LogP contribution in [0.5, 0.6) is 5.75 Å². The topological polar surface area (TPSA) is 565 Å². The van der Waals surface area contributed by atoms with Crippen LogP contribution in [-0.4, -0.2) is 194 Å². The van der Waals surface area contributed by atoms with Gasteiger partial charge in [0.05, 0.1) is 12.4 Å². The number of nitrogens with zero attached hydrogens (tertiary/aromatic N) is 2. The molecule has 0 saturated heterocycles. The number of amides is 11. The normalized spacial score (nSPS) is 15.3. The number of phenols is 1. The summed E-state index contributed by atoms with van der Waals surface area (Å²) >= 11 is 0. The van der Waals surface area contributed by atoms with Gasteiger partial charge in [0.1, 0.15) is 72.2 Å². The number of hydrogen-bond acceptors (Lipinski definition) is 18. The summed E-state index contributed by atoms with van der Waals surface area (Å²) in [5.41, 5.74) is 32.3. The van der Waals surface area contributed by atoms with Gasteiger partial charge in [-0.2, -0.15) is 0 Å². The highest BCUT2D eigenvalue weighted by atomic mass is 16.4. The average Bonchev–Trinajstić information content (AvgIpc) is 1.74. The van der Waals surface area contributed by atoms with E-state index in [0.29, 0.717) is 68.3 Å². The van der Waals surface area contributed by atoms with E-state index in [1.807, 2.05) is 38.1 Å². The average molecular weight is 1550 g/mol. The van der Waals surface area contributed by atoms with Crippen LogP contribution in [0.1, 0.15) is 148 Å². The molecule has 0 spiro atoms. The van der Waals surface area contributed by atoms with Crippen LogP contribution in [-0.2, 0) is 83.2 Å². The zero-order chi connectivity index (χ0) is 81.9. The number of carboxylic acid groups (broad SMARTS) is 1. The minimum absolute atomic E-state index is 0.0175. The third-order valence-corrected chi connectivity index (χ3v) is 19.6. The Kier molecular flexibility index (Phi) is 38.0. The number of aliphatic imine (C=N–C) groups is 1. The Balaban J connectivity index is 1.33. The third-order valence-electron chi connectivity index (χ3n) is 19.6. The number of para-hydroxylation sites is 1. The molecule has 608 valence electrons. The lowest BCUT2D eigenvalue weighted by Crippen LogP contribution is -2.62. The summed E-state index contributed by atoms with van der Waals surface area (Å²) in [6.07, 6.45) is 7.22. The van der Waals surface area contributed by atoms with Crippen molar-refractivity contribution in [2.75, 3.05) is 19.6 Å². The van der Waals surface area contributed by atoms with E-state index in [4.69, 9.17) is 28.7 Å². The number of nitrogens with one attached hydrogen (secondary N) is 13. The minimum Gasteiger partial charge on any atom is -0.508 e. The van der Waals surface area contributed by atoms with Crippen molar-refractivity contribution in [3.05, 3.63) is 120 Å². The molecule has 0 saturated carbocycles. The number of benzene rings is 3. The molecule has 0 aliphatic carbocycles. The number of hydrogen-bond donors (Lipinski definition) is 20. The summed E-state index contributed by atoms with van der Waals surface area (Å²) in [7, 11) is 0. The monoisotopic (exact) mass is 1540 g/mol. The van der Waals surface area contributed by atoms with Crippen LogP contribution in [0.2, 0.25) is 0 Å². The van der Waals surface area contributed by atoms with Crippen molar-refractivity contribution in [1.82, 2.24) is 73.4 Å². The number of fused-ring (bicyclic) bond motifs is 1. The van der Waals surface area contributed by atoms with Crippen LogP contribution in [0.3, 0.4) is 0 Å². The number of carbonyl (C=O) groups is 12. The van der Waals surface area contributed by atoms with Crippen LogP contribution < -0.4 is 87.2 Å². The van der Waals surface area contributed by atoms with Crippen LogP contribution >= 0.6 is 0 Å². The first-order valence-corrected chi connectivity index (χ1v) is 38.0. The number of aromatic nitrogens is 3. The number of carbonyl (C=O) groups excluding carboxylic acids is 11. The van der Waals surface area contributed by atoms with Crippen molar-refractivity contribution < 1.29 is 67.7 Å². The number of aromatic amines is 2. The smallest absolute Gasteiger partial charge is 0.326 e. The summed E-state index contributed by atoms with van der Waals surface area (Å²) in [5.74, 6) is -11.9. The largest absolute Gasteiger partial charge is 0.508 e. The number of rotatable bonds is 49. The van der Waals surface area contributed by atoms with E-state index in [1.54, 1.807) is 64.2 Å². The van der Waals surface area contributed by atoms with Crippen LogP contribution in [0.4, 0.5) is 0 Å². The molecular formula is C77H116N20O14.